The minimum Gasteiger partial charge on any atom is -0.330 e. The molecule has 12 heavy (non-hydrogen) atoms. The summed E-state index contributed by atoms with van der Waals surface area (Å²) in [5, 5.41) is 0. The molecule has 1 atom stereocenters. The van der Waals surface area contributed by atoms with Crippen LogP contribution in [0.15, 0.2) is 0 Å². The Labute approximate surface area is 74.7 Å². The Kier molecular flexibility index (Phi) is 2.13. The summed E-state index contributed by atoms with van der Waals surface area (Å²) in [6.45, 7) is 1.72. The van der Waals surface area contributed by atoms with Gasteiger partial charge in [0, 0.05) is 0 Å². The molecule has 70 valence electrons. The van der Waals surface area contributed by atoms with E-state index in [0.717, 1.165) is 24.9 Å². The van der Waals surface area contributed by atoms with E-state index in [-0.39, 0.29) is 0 Å². The predicted octanol–water partition coefficient (Wildman–Crippen LogP) is 1.10. The SMILES string of the molecule is NCC1CC2CCC1(CN)CC2. The summed E-state index contributed by atoms with van der Waals surface area (Å²) in [5.41, 5.74) is 12.1. The van der Waals surface area contributed by atoms with Crippen LogP contribution in [-0.4, -0.2) is 13.1 Å². The number of hydrogen-bond donors (Lipinski definition) is 2. The minimum absolute atomic E-state index is 0.448. The third-order valence-electron chi connectivity index (χ3n) is 4.28. The molecule has 0 aromatic carbocycles. The van der Waals surface area contributed by atoms with Gasteiger partial charge in [-0.1, -0.05) is 0 Å². The van der Waals surface area contributed by atoms with Crippen molar-refractivity contribution in [3.8, 4) is 0 Å². The second kappa shape index (κ2) is 3.00. The Morgan fingerprint density at radius 1 is 1.17 bits per heavy atom. The second-order valence-electron chi connectivity index (χ2n) is 4.68. The summed E-state index contributed by atoms with van der Waals surface area (Å²) in [6.07, 6.45) is 6.86. The monoisotopic (exact) mass is 168 g/mol. The molecule has 0 saturated heterocycles. The Bertz CT molecular complexity index is 159. The van der Waals surface area contributed by atoms with Gasteiger partial charge in [-0.25, -0.2) is 0 Å². The fourth-order valence-electron chi connectivity index (χ4n) is 3.27. The van der Waals surface area contributed by atoms with Crippen molar-refractivity contribution in [1.29, 1.82) is 0 Å². The van der Waals surface area contributed by atoms with Crippen LogP contribution >= 0.6 is 0 Å². The van der Waals surface area contributed by atoms with Crippen molar-refractivity contribution in [3.63, 3.8) is 0 Å². The molecule has 4 N–H and O–H groups in total. The Morgan fingerprint density at radius 2 is 1.83 bits per heavy atom. The van der Waals surface area contributed by atoms with E-state index in [4.69, 9.17) is 11.5 Å². The van der Waals surface area contributed by atoms with Crippen molar-refractivity contribution in [2.75, 3.05) is 13.1 Å². The highest BCUT2D eigenvalue weighted by molar-refractivity contribution is 4.98. The Morgan fingerprint density at radius 3 is 2.25 bits per heavy atom. The first kappa shape index (κ1) is 8.52. The van der Waals surface area contributed by atoms with E-state index in [1.54, 1.807) is 0 Å². The van der Waals surface area contributed by atoms with E-state index in [2.05, 4.69) is 0 Å². The molecule has 0 aromatic rings. The van der Waals surface area contributed by atoms with E-state index in [1.807, 2.05) is 0 Å². The lowest BCUT2D eigenvalue weighted by Crippen LogP contribution is -2.49. The molecular weight excluding hydrogens is 148 g/mol. The highest BCUT2D eigenvalue weighted by Gasteiger charge is 2.45. The molecule has 0 radical (unpaired) electrons. The molecular formula is C10H20N2. The van der Waals surface area contributed by atoms with Crippen molar-refractivity contribution >= 4 is 0 Å². The van der Waals surface area contributed by atoms with Crippen LogP contribution in [0.4, 0.5) is 0 Å². The first-order valence-electron chi connectivity index (χ1n) is 5.21. The molecule has 3 aliphatic carbocycles. The zero-order chi connectivity index (χ0) is 8.60. The molecule has 3 saturated carbocycles. The number of rotatable bonds is 2. The average Bonchev–Trinajstić information content (AvgIpc) is 2.19. The van der Waals surface area contributed by atoms with Gasteiger partial charge in [0.15, 0.2) is 0 Å². The average molecular weight is 168 g/mol. The van der Waals surface area contributed by atoms with Crippen LogP contribution in [0.5, 0.6) is 0 Å². The van der Waals surface area contributed by atoms with Gasteiger partial charge in [0.2, 0.25) is 0 Å². The van der Waals surface area contributed by atoms with Crippen LogP contribution < -0.4 is 11.5 Å². The van der Waals surface area contributed by atoms with Gasteiger partial charge >= 0.3 is 0 Å². The highest BCUT2D eigenvalue weighted by atomic mass is 14.7. The van der Waals surface area contributed by atoms with E-state index in [1.165, 1.54) is 32.1 Å². The lowest BCUT2D eigenvalue weighted by molar-refractivity contribution is 0.00698. The Balaban J connectivity index is 2.15. The summed E-state index contributed by atoms with van der Waals surface area (Å²) in [6, 6.07) is 0. The van der Waals surface area contributed by atoms with Crippen LogP contribution in [0.2, 0.25) is 0 Å². The van der Waals surface area contributed by atoms with Crippen molar-refractivity contribution in [2.45, 2.75) is 32.1 Å². The maximum Gasteiger partial charge on any atom is -0.00174 e. The molecule has 3 aliphatic rings. The third-order valence-corrected chi connectivity index (χ3v) is 4.28. The van der Waals surface area contributed by atoms with Crippen LogP contribution in [0.1, 0.15) is 32.1 Å². The molecule has 1 unspecified atom stereocenters. The van der Waals surface area contributed by atoms with Crippen LogP contribution in [-0.2, 0) is 0 Å². The molecule has 0 amide bonds. The predicted molar refractivity (Wildman–Crippen MR) is 50.6 cm³/mol. The van der Waals surface area contributed by atoms with E-state index < -0.39 is 0 Å². The van der Waals surface area contributed by atoms with E-state index in [9.17, 15) is 0 Å². The molecule has 3 rings (SSSR count). The van der Waals surface area contributed by atoms with Crippen molar-refractivity contribution in [1.82, 2.24) is 0 Å². The standard InChI is InChI=1S/C10H20N2/c11-6-9-5-8-1-3-10(9,7-12)4-2-8/h8-9H,1-7,11-12H2. The smallest absolute Gasteiger partial charge is 0.00174 e. The molecule has 3 fully saturated rings. The largest absolute Gasteiger partial charge is 0.330 e. The molecule has 2 heteroatoms. The van der Waals surface area contributed by atoms with Crippen LogP contribution in [0.3, 0.4) is 0 Å². The minimum atomic E-state index is 0.448. The van der Waals surface area contributed by atoms with Gasteiger partial charge in [0.05, 0.1) is 0 Å². The molecule has 0 aromatic heterocycles. The van der Waals surface area contributed by atoms with Crippen molar-refractivity contribution in [3.05, 3.63) is 0 Å². The summed E-state index contributed by atoms with van der Waals surface area (Å²) < 4.78 is 0. The molecule has 2 bridgehead atoms. The lowest BCUT2D eigenvalue weighted by Gasteiger charge is -2.51. The molecule has 0 spiro atoms. The highest BCUT2D eigenvalue weighted by Crippen LogP contribution is 2.52. The van der Waals surface area contributed by atoms with E-state index >= 15 is 0 Å². The van der Waals surface area contributed by atoms with Gasteiger partial charge in [-0.2, -0.15) is 0 Å². The van der Waals surface area contributed by atoms with Crippen LogP contribution in [0, 0.1) is 17.3 Å². The van der Waals surface area contributed by atoms with Gasteiger partial charge in [-0.15, -0.1) is 0 Å². The second-order valence-corrected chi connectivity index (χ2v) is 4.68. The lowest BCUT2D eigenvalue weighted by atomic mass is 9.55. The number of hydrogen-bond acceptors (Lipinski definition) is 2. The summed E-state index contributed by atoms with van der Waals surface area (Å²) in [5.74, 6) is 1.71. The molecule has 0 aliphatic heterocycles. The molecule has 0 heterocycles. The van der Waals surface area contributed by atoms with Gasteiger partial charge in [-0.05, 0) is 62.4 Å². The maximum atomic E-state index is 5.88. The van der Waals surface area contributed by atoms with Gasteiger partial charge in [-0.3, -0.25) is 0 Å². The zero-order valence-electron chi connectivity index (χ0n) is 7.76. The number of fused-ring (bicyclic) bond motifs is 3. The fraction of sp³-hybridized carbons (Fsp3) is 1.00. The quantitative estimate of drug-likeness (QED) is 0.648. The van der Waals surface area contributed by atoms with Crippen LogP contribution in [0.25, 0.3) is 0 Å². The van der Waals surface area contributed by atoms with Gasteiger partial charge in [0.1, 0.15) is 0 Å². The van der Waals surface area contributed by atoms with E-state index in [0.29, 0.717) is 5.41 Å². The van der Waals surface area contributed by atoms with Gasteiger partial charge < -0.3 is 11.5 Å². The van der Waals surface area contributed by atoms with Crippen molar-refractivity contribution in [2.24, 2.45) is 28.7 Å². The first-order chi connectivity index (χ1) is 5.80. The third kappa shape index (κ3) is 1.09. The Hall–Kier alpha value is -0.0800. The topological polar surface area (TPSA) is 52.0 Å². The summed E-state index contributed by atoms with van der Waals surface area (Å²) in [7, 11) is 0. The summed E-state index contributed by atoms with van der Waals surface area (Å²) >= 11 is 0. The molecule has 2 nitrogen and oxygen atoms in total. The maximum absolute atomic E-state index is 5.88. The first-order valence-corrected chi connectivity index (χ1v) is 5.21. The number of nitrogens with two attached hydrogens (primary N) is 2. The summed E-state index contributed by atoms with van der Waals surface area (Å²) in [4.78, 5) is 0. The fourth-order valence-corrected chi connectivity index (χ4v) is 3.27. The van der Waals surface area contributed by atoms with Crippen molar-refractivity contribution < 1.29 is 0 Å². The zero-order valence-corrected chi connectivity index (χ0v) is 7.76. The normalized spacial score (nSPS) is 46.5. The van der Waals surface area contributed by atoms with Gasteiger partial charge in [0.25, 0.3) is 0 Å².